The van der Waals surface area contributed by atoms with Crippen LogP contribution in [0.5, 0.6) is 5.75 Å². The number of furan rings is 1. The summed E-state index contributed by atoms with van der Waals surface area (Å²) in [5, 5.41) is 0. The van der Waals surface area contributed by atoms with Crippen LogP contribution in [0, 0.1) is 12.7 Å². The van der Waals surface area contributed by atoms with Gasteiger partial charge in [-0.3, -0.25) is 9.69 Å². The third-order valence-corrected chi connectivity index (χ3v) is 5.25. The van der Waals surface area contributed by atoms with Crippen LogP contribution in [0.25, 0.3) is 0 Å². The zero-order chi connectivity index (χ0) is 20.9. The Labute approximate surface area is 175 Å². The summed E-state index contributed by atoms with van der Waals surface area (Å²) >= 11 is 0. The molecule has 1 saturated heterocycles. The molecule has 1 fully saturated rings. The van der Waals surface area contributed by atoms with E-state index in [0.717, 1.165) is 19.6 Å². The summed E-state index contributed by atoms with van der Waals surface area (Å²) in [5.41, 5.74) is 2.55. The Morgan fingerprint density at radius 3 is 2.37 bits per heavy atom. The van der Waals surface area contributed by atoms with E-state index in [1.807, 2.05) is 4.90 Å². The van der Waals surface area contributed by atoms with E-state index in [-0.39, 0.29) is 18.3 Å². The van der Waals surface area contributed by atoms with Gasteiger partial charge in [-0.25, -0.2) is 4.39 Å². The molecule has 0 atom stereocenters. The molecule has 4 rings (SSSR count). The molecule has 1 aliphatic heterocycles. The van der Waals surface area contributed by atoms with Gasteiger partial charge in [0.05, 0.1) is 0 Å². The van der Waals surface area contributed by atoms with Gasteiger partial charge in [0.1, 0.15) is 23.9 Å². The number of carbonyl (C=O) groups excluding carboxylic acids is 1. The minimum atomic E-state index is -0.313. The van der Waals surface area contributed by atoms with Crippen molar-refractivity contribution < 1.29 is 18.3 Å². The fourth-order valence-corrected chi connectivity index (χ4v) is 3.47. The van der Waals surface area contributed by atoms with E-state index in [9.17, 15) is 9.18 Å². The number of piperazine rings is 1. The number of amides is 1. The van der Waals surface area contributed by atoms with E-state index >= 15 is 0 Å². The molecule has 5 nitrogen and oxygen atoms in total. The van der Waals surface area contributed by atoms with E-state index in [0.29, 0.717) is 30.4 Å². The normalized spacial score (nSPS) is 14.7. The van der Waals surface area contributed by atoms with Crippen LogP contribution < -0.4 is 4.74 Å². The van der Waals surface area contributed by atoms with Gasteiger partial charge in [-0.05, 0) is 48.9 Å². The third-order valence-electron chi connectivity index (χ3n) is 5.25. The van der Waals surface area contributed by atoms with Crippen molar-refractivity contribution in [3.05, 3.63) is 89.1 Å². The van der Waals surface area contributed by atoms with Gasteiger partial charge in [0.15, 0.2) is 5.76 Å². The SMILES string of the molecule is Cc1ccc(CN2CCN(C(=O)c3ccc(COc4ccc(F)cc4)o3)CC2)cc1. The highest BCUT2D eigenvalue weighted by atomic mass is 19.1. The number of hydrogen-bond donors (Lipinski definition) is 0. The van der Waals surface area contributed by atoms with E-state index in [1.165, 1.54) is 23.3 Å². The number of ether oxygens (including phenoxy) is 1. The largest absolute Gasteiger partial charge is 0.486 e. The monoisotopic (exact) mass is 408 g/mol. The average Bonchev–Trinajstić information content (AvgIpc) is 3.24. The van der Waals surface area contributed by atoms with Crippen LogP contribution in [0.4, 0.5) is 4.39 Å². The number of carbonyl (C=O) groups is 1. The summed E-state index contributed by atoms with van der Waals surface area (Å²) in [4.78, 5) is 16.9. The number of nitrogens with zero attached hydrogens (tertiary/aromatic N) is 2. The summed E-state index contributed by atoms with van der Waals surface area (Å²) < 4.78 is 24.2. The quantitative estimate of drug-likeness (QED) is 0.611. The molecule has 1 amide bonds. The lowest BCUT2D eigenvalue weighted by Crippen LogP contribution is -2.48. The molecular formula is C24H25FN2O3. The standard InChI is InChI=1S/C24H25FN2O3/c1-18-2-4-19(5-3-18)16-26-12-14-27(15-13-26)24(28)23-11-10-22(30-23)17-29-21-8-6-20(25)7-9-21/h2-11H,12-17H2,1H3. The highest BCUT2D eigenvalue weighted by molar-refractivity contribution is 5.91. The van der Waals surface area contributed by atoms with Crippen molar-refractivity contribution in [2.24, 2.45) is 0 Å². The van der Waals surface area contributed by atoms with Crippen LogP contribution in [0.15, 0.2) is 65.1 Å². The molecule has 2 heterocycles. The minimum absolute atomic E-state index is 0.0991. The Balaban J connectivity index is 1.27. The first-order valence-corrected chi connectivity index (χ1v) is 10.1. The molecule has 0 unspecified atom stereocenters. The van der Waals surface area contributed by atoms with Gasteiger partial charge in [-0.1, -0.05) is 29.8 Å². The maximum absolute atomic E-state index is 12.9. The molecule has 3 aromatic rings. The van der Waals surface area contributed by atoms with Crippen LogP contribution in [-0.2, 0) is 13.2 Å². The fraction of sp³-hybridized carbons (Fsp3) is 0.292. The van der Waals surface area contributed by atoms with Gasteiger partial charge in [0.2, 0.25) is 0 Å². The molecule has 0 aliphatic carbocycles. The van der Waals surface area contributed by atoms with Crippen molar-refractivity contribution in [2.45, 2.75) is 20.1 Å². The lowest BCUT2D eigenvalue weighted by atomic mass is 10.1. The third kappa shape index (κ3) is 5.07. The van der Waals surface area contributed by atoms with Crippen molar-refractivity contribution >= 4 is 5.91 Å². The average molecular weight is 408 g/mol. The molecule has 0 spiro atoms. The second kappa shape index (κ2) is 9.13. The molecule has 0 radical (unpaired) electrons. The summed E-state index contributed by atoms with van der Waals surface area (Å²) in [6, 6.07) is 17.8. The second-order valence-electron chi connectivity index (χ2n) is 7.56. The summed E-state index contributed by atoms with van der Waals surface area (Å²) in [6.45, 7) is 6.18. The first kappa shape index (κ1) is 20.2. The summed E-state index contributed by atoms with van der Waals surface area (Å²) in [7, 11) is 0. The number of halogens is 1. The Bertz CT molecular complexity index is 974. The molecule has 1 aromatic heterocycles. The van der Waals surface area contributed by atoms with Crippen LogP contribution in [0.3, 0.4) is 0 Å². The van der Waals surface area contributed by atoms with Gasteiger partial charge in [0.25, 0.3) is 5.91 Å². The van der Waals surface area contributed by atoms with Crippen LogP contribution in [0.1, 0.15) is 27.4 Å². The van der Waals surface area contributed by atoms with Gasteiger partial charge in [-0.15, -0.1) is 0 Å². The van der Waals surface area contributed by atoms with Gasteiger partial charge in [-0.2, -0.15) is 0 Å². The molecule has 2 aromatic carbocycles. The molecule has 0 bridgehead atoms. The molecule has 0 saturated carbocycles. The van der Waals surface area contributed by atoms with E-state index in [1.54, 1.807) is 24.3 Å². The highest BCUT2D eigenvalue weighted by Gasteiger charge is 2.24. The number of aryl methyl sites for hydroxylation is 1. The maximum atomic E-state index is 12.9. The van der Waals surface area contributed by atoms with Gasteiger partial charge in [0, 0.05) is 32.7 Å². The first-order chi connectivity index (χ1) is 14.6. The highest BCUT2D eigenvalue weighted by Crippen LogP contribution is 2.17. The predicted octanol–water partition coefficient (Wildman–Crippen LogP) is 4.26. The fourth-order valence-electron chi connectivity index (χ4n) is 3.47. The van der Waals surface area contributed by atoms with E-state index < -0.39 is 0 Å². The van der Waals surface area contributed by atoms with Gasteiger partial charge < -0.3 is 14.1 Å². The van der Waals surface area contributed by atoms with Crippen LogP contribution in [0.2, 0.25) is 0 Å². The Kier molecular flexibility index (Phi) is 6.14. The molecule has 156 valence electrons. The Hall–Kier alpha value is -3.12. The number of rotatable bonds is 6. The summed E-state index contributed by atoms with van der Waals surface area (Å²) in [5.74, 6) is 1.01. The minimum Gasteiger partial charge on any atom is -0.486 e. The molecular weight excluding hydrogens is 383 g/mol. The molecule has 0 N–H and O–H groups in total. The van der Waals surface area contributed by atoms with Crippen LogP contribution in [-0.4, -0.2) is 41.9 Å². The molecule has 30 heavy (non-hydrogen) atoms. The predicted molar refractivity (Wildman–Crippen MR) is 112 cm³/mol. The van der Waals surface area contributed by atoms with Crippen molar-refractivity contribution in [1.29, 1.82) is 0 Å². The van der Waals surface area contributed by atoms with Gasteiger partial charge >= 0.3 is 0 Å². The van der Waals surface area contributed by atoms with Crippen molar-refractivity contribution in [1.82, 2.24) is 9.80 Å². The van der Waals surface area contributed by atoms with E-state index in [4.69, 9.17) is 9.15 Å². The van der Waals surface area contributed by atoms with Crippen molar-refractivity contribution in [3.8, 4) is 5.75 Å². The Morgan fingerprint density at radius 2 is 1.67 bits per heavy atom. The van der Waals surface area contributed by atoms with E-state index in [2.05, 4.69) is 36.1 Å². The molecule has 6 heteroatoms. The van der Waals surface area contributed by atoms with Crippen LogP contribution >= 0.6 is 0 Å². The molecule has 1 aliphatic rings. The number of hydrogen-bond acceptors (Lipinski definition) is 4. The zero-order valence-corrected chi connectivity index (χ0v) is 17.0. The lowest BCUT2D eigenvalue weighted by Gasteiger charge is -2.34. The van der Waals surface area contributed by atoms with Crippen molar-refractivity contribution in [3.63, 3.8) is 0 Å². The Morgan fingerprint density at radius 1 is 0.967 bits per heavy atom. The maximum Gasteiger partial charge on any atom is 0.289 e. The number of benzene rings is 2. The summed E-state index contributed by atoms with van der Waals surface area (Å²) in [6.07, 6.45) is 0. The lowest BCUT2D eigenvalue weighted by molar-refractivity contribution is 0.0594. The second-order valence-corrected chi connectivity index (χ2v) is 7.56. The smallest absolute Gasteiger partial charge is 0.289 e. The zero-order valence-electron chi connectivity index (χ0n) is 17.0. The topological polar surface area (TPSA) is 45.9 Å². The first-order valence-electron chi connectivity index (χ1n) is 10.1. The van der Waals surface area contributed by atoms with Crippen molar-refractivity contribution in [2.75, 3.05) is 26.2 Å².